The maximum absolute atomic E-state index is 12.9. The van der Waals surface area contributed by atoms with Crippen molar-refractivity contribution >= 4 is 21.4 Å². The van der Waals surface area contributed by atoms with Crippen LogP contribution in [0.4, 0.5) is 4.39 Å². The van der Waals surface area contributed by atoms with Crippen molar-refractivity contribution in [3.8, 4) is 0 Å². The third-order valence-electron chi connectivity index (χ3n) is 2.95. The first-order valence-electron chi connectivity index (χ1n) is 5.54. The highest BCUT2D eigenvalue weighted by molar-refractivity contribution is 7.89. The second-order valence-corrected chi connectivity index (χ2v) is 6.74. The number of hydrogen-bond acceptors (Lipinski definition) is 4. The molecule has 1 atom stereocenters. The number of hydrogen-bond donors (Lipinski definition) is 0. The summed E-state index contributed by atoms with van der Waals surface area (Å²) in [4.78, 5) is 3.83. The van der Waals surface area contributed by atoms with Crippen molar-refractivity contribution in [2.45, 2.75) is 18.0 Å². The van der Waals surface area contributed by atoms with Crippen LogP contribution in [0.3, 0.4) is 0 Å². The van der Waals surface area contributed by atoms with Crippen LogP contribution < -0.4 is 0 Å². The molecule has 0 aliphatic heterocycles. The van der Waals surface area contributed by atoms with Crippen molar-refractivity contribution in [3.05, 3.63) is 46.5 Å². The lowest BCUT2D eigenvalue weighted by Gasteiger charge is -2.23. The Hall–Kier alpha value is -1.31. The normalized spacial score (nSPS) is 13.7. The molecule has 0 amide bonds. The van der Waals surface area contributed by atoms with Crippen molar-refractivity contribution in [3.63, 3.8) is 0 Å². The highest BCUT2D eigenvalue weighted by atomic mass is 32.2. The van der Waals surface area contributed by atoms with Gasteiger partial charge in [0.05, 0.1) is 5.51 Å². The SMILES string of the molecule is C[C@H](c1ccc(F)cc1)N(C)S(=O)(=O)c1cscn1. The van der Waals surface area contributed by atoms with Crippen LogP contribution in [-0.2, 0) is 10.0 Å². The molecule has 19 heavy (non-hydrogen) atoms. The summed E-state index contributed by atoms with van der Waals surface area (Å²) in [6.07, 6.45) is 0. The van der Waals surface area contributed by atoms with E-state index in [0.717, 1.165) is 5.56 Å². The zero-order valence-corrected chi connectivity index (χ0v) is 12.1. The summed E-state index contributed by atoms with van der Waals surface area (Å²) in [6.45, 7) is 1.75. The fraction of sp³-hybridized carbons (Fsp3) is 0.250. The molecule has 0 bridgehead atoms. The van der Waals surface area contributed by atoms with E-state index >= 15 is 0 Å². The summed E-state index contributed by atoms with van der Waals surface area (Å²) >= 11 is 1.23. The Morgan fingerprint density at radius 2 is 1.95 bits per heavy atom. The molecular weight excluding hydrogens is 287 g/mol. The van der Waals surface area contributed by atoms with Crippen LogP contribution >= 0.6 is 11.3 Å². The lowest BCUT2D eigenvalue weighted by atomic mass is 10.1. The molecule has 0 saturated carbocycles. The number of nitrogens with zero attached hydrogens (tertiary/aromatic N) is 2. The average Bonchev–Trinajstić information content (AvgIpc) is 2.92. The summed E-state index contributed by atoms with van der Waals surface area (Å²) < 4.78 is 38.6. The van der Waals surface area contributed by atoms with Crippen molar-refractivity contribution in [1.29, 1.82) is 0 Å². The van der Waals surface area contributed by atoms with E-state index in [1.165, 1.54) is 45.7 Å². The number of sulfonamides is 1. The zero-order valence-electron chi connectivity index (χ0n) is 10.4. The third-order valence-corrected chi connectivity index (χ3v) is 5.51. The molecule has 0 N–H and O–H groups in total. The number of benzene rings is 1. The van der Waals surface area contributed by atoms with Crippen molar-refractivity contribution in [2.24, 2.45) is 0 Å². The van der Waals surface area contributed by atoms with E-state index in [9.17, 15) is 12.8 Å². The molecule has 1 aromatic carbocycles. The van der Waals surface area contributed by atoms with Gasteiger partial charge < -0.3 is 0 Å². The van der Waals surface area contributed by atoms with Crippen molar-refractivity contribution in [2.75, 3.05) is 7.05 Å². The summed E-state index contributed by atoms with van der Waals surface area (Å²) in [7, 11) is -2.13. The third kappa shape index (κ3) is 2.83. The smallest absolute Gasteiger partial charge is 0.232 e. The van der Waals surface area contributed by atoms with Gasteiger partial charge in [-0.1, -0.05) is 12.1 Å². The van der Waals surface area contributed by atoms with Crippen LogP contribution in [0.1, 0.15) is 18.5 Å². The van der Waals surface area contributed by atoms with Gasteiger partial charge in [-0.2, -0.15) is 4.31 Å². The summed E-state index contributed by atoms with van der Waals surface area (Å²) in [5.41, 5.74) is 2.20. The minimum absolute atomic E-state index is 0.0361. The molecule has 0 spiro atoms. The number of aromatic nitrogens is 1. The van der Waals surface area contributed by atoms with E-state index in [2.05, 4.69) is 4.98 Å². The van der Waals surface area contributed by atoms with Crippen LogP contribution in [-0.4, -0.2) is 24.8 Å². The highest BCUT2D eigenvalue weighted by Crippen LogP contribution is 2.25. The predicted octanol–water partition coefficient (Wildman–Crippen LogP) is 2.66. The number of halogens is 1. The summed E-state index contributed by atoms with van der Waals surface area (Å²) in [6, 6.07) is 5.39. The van der Waals surface area contributed by atoms with E-state index in [1.54, 1.807) is 19.1 Å². The molecule has 2 rings (SSSR count). The zero-order chi connectivity index (χ0) is 14.0. The Balaban J connectivity index is 2.29. The van der Waals surface area contributed by atoms with Gasteiger partial charge in [0.25, 0.3) is 10.0 Å². The van der Waals surface area contributed by atoms with Gasteiger partial charge >= 0.3 is 0 Å². The fourth-order valence-electron chi connectivity index (χ4n) is 1.64. The van der Waals surface area contributed by atoms with Crippen LogP contribution in [0.25, 0.3) is 0 Å². The Morgan fingerprint density at radius 1 is 1.32 bits per heavy atom. The molecule has 0 fully saturated rings. The largest absolute Gasteiger partial charge is 0.261 e. The van der Waals surface area contributed by atoms with Gasteiger partial charge in [0.1, 0.15) is 5.82 Å². The molecule has 0 unspecified atom stereocenters. The van der Waals surface area contributed by atoms with Gasteiger partial charge in [0.15, 0.2) is 5.03 Å². The molecule has 7 heteroatoms. The predicted molar refractivity (Wildman–Crippen MR) is 71.9 cm³/mol. The van der Waals surface area contributed by atoms with E-state index in [-0.39, 0.29) is 10.8 Å². The van der Waals surface area contributed by atoms with Gasteiger partial charge in [-0.15, -0.1) is 11.3 Å². The van der Waals surface area contributed by atoms with Gasteiger partial charge in [0, 0.05) is 18.5 Å². The number of thiazole rings is 1. The molecule has 0 radical (unpaired) electrons. The Morgan fingerprint density at radius 3 is 2.47 bits per heavy atom. The fourth-order valence-corrected chi connectivity index (χ4v) is 3.79. The minimum atomic E-state index is -3.61. The van der Waals surface area contributed by atoms with Crippen molar-refractivity contribution < 1.29 is 12.8 Å². The van der Waals surface area contributed by atoms with E-state index < -0.39 is 16.1 Å². The van der Waals surface area contributed by atoms with E-state index in [1.807, 2.05) is 0 Å². The van der Waals surface area contributed by atoms with Gasteiger partial charge in [-0.3, -0.25) is 0 Å². The molecule has 2 aromatic rings. The molecule has 0 saturated heterocycles. The van der Waals surface area contributed by atoms with E-state index in [4.69, 9.17) is 0 Å². The summed E-state index contributed by atoms with van der Waals surface area (Å²) in [5.74, 6) is -0.346. The van der Waals surface area contributed by atoms with Crippen LogP contribution in [0.15, 0.2) is 40.2 Å². The van der Waals surface area contributed by atoms with Gasteiger partial charge in [-0.05, 0) is 24.6 Å². The van der Waals surface area contributed by atoms with Crippen LogP contribution in [0, 0.1) is 5.82 Å². The standard InChI is InChI=1S/C12H13FN2O2S2/c1-9(10-3-5-11(13)6-4-10)15(2)19(16,17)12-7-18-8-14-12/h3-9H,1-2H3/t9-/m1/s1. The maximum Gasteiger partial charge on any atom is 0.261 e. The van der Waals surface area contributed by atoms with Crippen LogP contribution in [0.5, 0.6) is 0 Å². The Labute approximate surface area is 115 Å². The molecule has 1 heterocycles. The average molecular weight is 300 g/mol. The Bertz CT molecular complexity index is 639. The Kier molecular flexibility index (Phi) is 3.98. The van der Waals surface area contributed by atoms with Gasteiger partial charge in [-0.25, -0.2) is 17.8 Å². The molecule has 0 aliphatic carbocycles. The quantitative estimate of drug-likeness (QED) is 0.872. The van der Waals surface area contributed by atoms with E-state index in [0.29, 0.717) is 0 Å². The molecule has 1 aromatic heterocycles. The second-order valence-electron chi connectivity index (χ2n) is 4.08. The van der Waals surface area contributed by atoms with Crippen LogP contribution in [0.2, 0.25) is 0 Å². The lowest BCUT2D eigenvalue weighted by Crippen LogP contribution is -2.30. The molecular formula is C12H13FN2O2S2. The minimum Gasteiger partial charge on any atom is -0.232 e. The van der Waals surface area contributed by atoms with Crippen molar-refractivity contribution in [1.82, 2.24) is 9.29 Å². The first-order valence-corrected chi connectivity index (χ1v) is 7.93. The van der Waals surface area contributed by atoms with Gasteiger partial charge in [0.2, 0.25) is 0 Å². The topological polar surface area (TPSA) is 50.3 Å². The maximum atomic E-state index is 12.9. The second kappa shape index (κ2) is 5.36. The lowest BCUT2D eigenvalue weighted by molar-refractivity contribution is 0.396. The monoisotopic (exact) mass is 300 g/mol. The molecule has 0 aliphatic rings. The molecule has 4 nitrogen and oxygen atoms in total. The number of rotatable bonds is 4. The first-order chi connectivity index (χ1) is 8.93. The summed E-state index contributed by atoms with van der Waals surface area (Å²) in [5, 5.41) is 1.53. The highest BCUT2D eigenvalue weighted by Gasteiger charge is 2.27. The molecule has 102 valence electrons. The first kappa shape index (κ1) is 14.1.